The second-order valence-corrected chi connectivity index (χ2v) is 6.88. The monoisotopic (exact) mass is 316 g/mol. The van der Waals surface area contributed by atoms with Crippen molar-refractivity contribution in [1.29, 1.82) is 0 Å². The number of rotatable bonds is 5. The number of hydrogen-bond acceptors (Lipinski definition) is 3. The number of thiazole rings is 1. The van der Waals surface area contributed by atoms with Gasteiger partial charge in [-0.05, 0) is 12.5 Å². The number of benzene rings is 1. The van der Waals surface area contributed by atoms with Gasteiger partial charge in [-0.2, -0.15) is 0 Å². The van der Waals surface area contributed by atoms with Crippen molar-refractivity contribution in [2.24, 2.45) is 4.99 Å². The molecule has 118 valence electrons. The lowest BCUT2D eigenvalue weighted by Gasteiger charge is -2.19. The van der Waals surface area contributed by atoms with E-state index in [-0.39, 0.29) is 0 Å². The molecule has 1 aromatic heterocycles. The molecule has 22 heavy (non-hydrogen) atoms. The van der Waals surface area contributed by atoms with E-state index in [1.807, 2.05) is 43.4 Å². The molecule has 4 nitrogen and oxygen atoms in total. The molecule has 0 bridgehead atoms. The molecule has 0 saturated carbocycles. The molecule has 1 N–H and O–H groups in total. The maximum absolute atomic E-state index is 4.68. The molecular formula is C17H24N4S. The zero-order chi connectivity index (χ0) is 15.9. The SMILES string of the molecule is Cc1cnc(C(C)CNC(=NCc2ccccc2)N(C)C)s1. The third-order valence-electron chi connectivity index (χ3n) is 3.30. The lowest BCUT2D eigenvalue weighted by atomic mass is 10.2. The minimum Gasteiger partial charge on any atom is -0.356 e. The molecule has 0 aliphatic carbocycles. The van der Waals surface area contributed by atoms with Crippen LogP contribution < -0.4 is 5.32 Å². The Labute approximate surface area is 136 Å². The highest BCUT2D eigenvalue weighted by atomic mass is 32.1. The topological polar surface area (TPSA) is 40.5 Å². The summed E-state index contributed by atoms with van der Waals surface area (Å²) in [5.41, 5.74) is 1.22. The number of nitrogens with one attached hydrogen (secondary N) is 1. The van der Waals surface area contributed by atoms with E-state index in [2.05, 4.69) is 41.3 Å². The lowest BCUT2D eigenvalue weighted by molar-refractivity contribution is 0.567. The third kappa shape index (κ3) is 4.84. The Morgan fingerprint density at radius 3 is 2.64 bits per heavy atom. The summed E-state index contributed by atoms with van der Waals surface area (Å²) in [6.07, 6.45) is 1.94. The Morgan fingerprint density at radius 1 is 1.32 bits per heavy atom. The van der Waals surface area contributed by atoms with Crippen molar-refractivity contribution in [1.82, 2.24) is 15.2 Å². The first-order chi connectivity index (χ1) is 10.6. The molecule has 0 radical (unpaired) electrons. The van der Waals surface area contributed by atoms with Crippen LogP contribution in [-0.4, -0.2) is 36.5 Å². The van der Waals surface area contributed by atoms with E-state index in [0.717, 1.165) is 12.5 Å². The van der Waals surface area contributed by atoms with Gasteiger partial charge >= 0.3 is 0 Å². The van der Waals surface area contributed by atoms with Crippen molar-refractivity contribution in [2.45, 2.75) is 26.3 Å². The van der Waals surface area contributed by atoms with E-state index in [0.29, 0.717) is 12.5 Å². The van der Waals surface area contributed by atoms with Gasteiger partial charge in [0.1, 0.15) is 0 Å². The number of aromatic nitrogens is 1. The minimum absolute atomic E-state index is 0.376. The summed E-state index contributed by atoms with van der Waals surface area (Å²) < 4.78 is 0. The van der Waals surface area contributed by atoms with Crippen LogP contribution >= 0.6 is 11.3 Å². The van der Waals surface area contributed by atoms with Crippen LogP contribution in [0.5, 0.6) is 0 Å². The molecule has 0 amide bonds. The Morgan fingerprint density at radius 2 is 2.05 bits per heavy atom. The average molecular weight is 316 g/mol. The average Bonchev–Trinajstić information content (AvgIpc) is 2.94. The third-order valence-corrected chi connectivity index (χ3v) is 4.45. The summed E-state index contributed by atoms with van der Waals surface area (Å²) in [6.45, 7) is 5.80. The molecule has 0 saturated heterocycles. The van der Waals surface area contributed by atoms with Crippen LogP contribution in [0.4, 0.5) is 0 Å². The van der Waals surface area contributed by atoms with E-state index in [1.165, 1.54) is 15.4 Å². The summed E-state index contributed by atoms with van der Waals surface area (Å²) in [6, 6.07) is 10.3. The quantitative estimate of drug-likeness (QED) is 0.680. The van der Waals surface area contributed by atoms with Crippen molar-refractivity contribution in [3.05, 3.63) is 52.0 Å². The lowest BCUT2D eigenvalue weighted by Crippen LogP contribution is -2.38. The predicted molar refractivity (Wildman–Crippen MR) is 94.5 cm³/mol. The van der Waals surface area contributed by atoms with E-state index in [4.69, 9.17) is 0 Å². The summed E-state index contributed by atoms with van der Waals surface area (Å²) in [7, 11) is 4.02. The van der Waals surface area contributed by atoms with Gasteiger partial charge in [0.25, 0.3) is 0 Å². The smallest absolute Gasteiger partial charge is 0.193 e. The fourth-order valence-corrected chi connectivity index (χ4v) is 2.86. The maximum atomic E-state index is 4.68. The maximum Gasteiger partial charge on any atom is 0.193 e. The highest BCUT2D eigenvalue weighted by Crippen LogP contribution is 2.20. The summed E-state index contributed by atoms with van der Waals surface area (Å²) >= 11 is 1.76. The Bertz CT molecular complexity index is 604. The highest BCUT2D eigenvalue weighted by molar-refractivity contribution is 7.11. The number of aliphatic imine (C=N–C) groups is 1. The molecule has 1 unspecified atom stereocenters. The minimum atomic E-state index is 0.376. The Kier molecular flexibility index (Phi) is 5.95. The zero-order valence-electron chi connectivity index (χ0n) is 13.7. The molecule has 2 rings (SSSR count). The molecule has 1 atom stereocenters. The number of hydrogen-bond donors (Lipinski definition) is 1. The first-order valence-electron chi connectivity index (χ1n) is 7.48. The molecule has 1 heterocycles. The van der Waals surface area contributed by atoms with Gasteiger partial charge in [0, 0.05) is 37.6 Å². The molecule has 0 aliphatic heterocycles. The molecule has 1 aromatic carbocycles. The van der Waals surface area contributed by atoms with Crippen LogP contribution in [0.15, 0.2) is 41.5 Å². The molecule has 0 fully saturated rings. The first-order valence-corrected chi connectivity index (χ1v) is 8.30. The van der Waals surface area contributed by atoms with Crippen LogP contribution in [0.2, 0.25) is 0 Å². The summed E-state index contributed by atoms with van der Waals surface area (Å²) in [5.74, 6) is 1.28. The number of guanidine groups is 1. The highest BCUT2D eigenvalue weighted by Gasteiger charge is 2.11. The van der Waals surface area contributed by atoms with Crippen LogP contribution in [0.25, 0.3) is 0 Å². The standard InChI is InChI=1S/C17H24N4S/c1-13(16-18-11-14(2)22-16)10-19-17(21(3)4)20-12-15-8-6-5-7-9-15/h5-9,11,13H,10,12H2,1-4H3,(H,19,20). The van der Waals surface area contributed by atoms with Crippen molar-refractivity contribution in [2.75, 3.05) is 20.6 Å². The molecule has 2 aromatic rings. The predicted octanol–water partition coefficient (Wildman–Crippen LogP) is 3.26. The van der Waals surface area contributed by atoms with Gasteiger partial charge in [-0.25, -0.2) is 9.98 Å². The van der Waals surface area contributed by atoms with Crippen molar-refractivity contribution >= 4 is 17.3 Å². The van der Waals surface area contributed by atoms with Crippen LogP contribution in [-0.2, 0) is 6.54 Å². The zero-order valence-corrected chi connectivity index (χ0v) is 14.5. The normalized spacial score (nSPS) is 13.0. The second-order valence-electron chi connectivity index (χ2n) is 5.61. The summed E-state index contributed by atoms with van der Waals surface area (Å²) in [5, 5.41) is 4.61. The molecular weight excluding hydrogens is 292 g/mol. The van der Waals surface area contributed by atoms with Crippen LogP contribution in [0.1, 0.15) is 28.3 Å². The van der Waals surface area contributed by atoms with Gasteiger partial charge < -0.3 is 10.2 Å². The van der Waals surface area contributed by atoms with E-state index >= 15 is 0 Å². The second kappa shape index (κ2) is 7.94. The van der Waals surface area contributed by atoms with E-state index in [9.17, 15) is 0 Å². The summed E-state index contributed by atoms with van der Waals surface area (Å²) in [4.78, 5) is 12.4. The van der Waals surface area contributed by atoms with Crippen molar-refractivity contribution in [3.8, 4) is 0 Å². The van der Waals surface area contributed by atoms with Gasteiger partial charge in [-0.1, -0.05) is 37.3 Å². The number of nitrogens with zero attached hydrogens (tertiary/aromatic N) is 3. The largest absolute Gasteiger partial charge is 0.356 e. The van der Waals surface area contributed by atoms with Gasteiger partial charge in [0.2, 0.25) is 0 Å². The van der Waals surface area contributed by atoms with Crippen LogP contribution in [0, 0.1) is 6.92 Å². The van der Waals surface area contributed by atoms with E-state index in [1.54, 1.807) is 11.3 Å². The molecule has 0 aliphatic rings. The Hall–Kier alpha value is -1.88. The van der Waals surface area contributed by atoms with E-state index < -0.39 is 0 Å². The van der Waals surface area contributed by atoms with Gasteiger partial charge in [-0.15, -0.1) is 11.3 Å². The van der Waals surface area contributed by atoms with Gasteiger partial charge in [-0.3, -0.25) is 0 Å². The molecule has 0 spiro atoms. The van der Waals surface area contributed by atoms with Crippen molar-refractivity contribution in [3.63, 3.8) is 0 Å². The fraction of sp³-hybridized carbons (Fsp3) is 0.412. The number of aryl methyl sites for hydroxylation is 1. The van der Waals surface area contributed by atoms with Crippen LogP contribution in [0.3, 0.4) is 0 Å². The van der Waals surface area contributed by atoms with Gasteiger partial charge in [0.05, 0.1) is 11.6 Å². The Balaban J connectivity index is 1.94. The van der Waals surface area contributed by atoms with Crippen molar-refractivity contribution < 1.29 is 0 Å². The first kappa shape index (κ1) is 16.5. The fourth-order valence-electron chi connectivity index (χ4n) is 2.04. The molecule has 5 heteroatoms. The van der Waals surface area contributed by atoms with Gasteiger partial charge in [0.15, 0.2) is 5.96 Å².